The Labute approximate surface area is 156 Å². The minimum Gasteiger partial charge on any atom is -0.493 e. The molecule has 142 valence electrons. The largest absolute Gasteiger partial charge is 0.493 e. The van der Waals surface area contributed by atoms with Crippen LogP contribution in [0.5, 0.6) is 11.5 Å². The molecule has 4 rings (SSSR count). The van der Waals surface area contributed by atoms with Crippen molar-refractivity contribution in [3.8, 4) is 11.5 Å². The van der Waals surface area contributed by atoms with Crippen LogP contribution in [0.15, 0.2) is 27.6 Å². The number of methoxy groups -OCH3 is 2. The molecule has 1 atom stereocenters. The minimum atomic E-state index is -0.102. The molecule has 8 nitrogen and oxygen atoms in total. The predicted octanol–water partition coefficient (Wildman–Crippen LogP) is 2.57. The number of nitrogens with one attached hydrogen (secondary N) is 1. The van der Waals surface area contributed by atoms with Gasteiger partial charge in [0.25, 0.3) is 5.56 Å². The molecule has 0 unspecified atom stereocenters. The van der Waals surface area contributed by atoms with E-state index in [1.165, 1.54) is 0 Å². The van der Waals surface area contributed by atoms with Gasteiger partial charge in [-0.05, 0) is 38.4 Å². The van der Waals surface area contributed by atoms with Gasteiger partial charge in [-0.15, -0.1) is 0 Å². The van der Waals surface area contributed by atoms with E-state index in [1.807, 2.05) is 19.1 Å². The average molecular weight is 370 g/mol. The monoisotopic (exact) mass is 370 g/mol. The number of hydrogen-bond donors (Lipinski definition) is 1. The summed E-state index contributed by atoms with van der Waals surface area (Å²) in [6.45, 7) is 3.34. The van der Waals surface area contributed by atoms with Crippen LogP contribution in [0.25, 0.3) is 10.9 Å². The Morgan fingerprint density at radius 1 is 1.22 bits per heavy atom. The lowest BCUT2D eigenvalue weighted by Crippen LogP contribution is -2.27. The average Bonchev–Trinajstić information content (AvgIpc) is 3.29. The smallest absolute Gasteiger partial charge is 0.252 e. The van der Waals surface area contributed by atoms with Gasteiger partial charge in [-0.25, -0.2) is 4.63 Å². The topological polar surface area (TPSA) is 93.5 Å². The summed E-state index contributed by atoms with van der Waals surface area (Å²) in [5, 5.41) is 8.85. The van der Waals surface area contributed by atoms with Crippen LogP contribution >= 0.6 is 0 Å². The molecule has 3 heterocycles. The second kappa shape index (κ2) is 7.03. The lowest BCUT2D eigenvalue weighted by molar-refractivity contribution is 0.230. The number of ether oxygens (including phenoxy) is 2. The van der Waals surface area contributed by atoms with E-state index in [1.54, 1.807) is 20.3 Å². The molecule has 1 aliphatic heterocycles. The number of aromatic nitrogens is 3. The molecule has 0 aliphatic carbocycles. The lowest BCUT2D eigenvalue weighted by atomic mass is 10.1. The minimum absolute atomic E-state index is 0.102. The van der Waals surface area contributed by atoms with Gasteiger partial charge in [-0.1, -0.05) is 10.3 Å². The molecule has 0 spiro atoms. The van der Waals surface area contributed by atoms with Crippen molar-refractivity contribution < 1.29 is 14.1 Å². The summed E-state index contributed by atoms with van der Waals surface area (Å²) in [4.78, 5) is 17.8. The van der Waals surface area contributed by atoms with E-state index < -0.39 is 0 Å². The van der Waals surface area contributed by atoms with Crippen molar-refractivity contribution in [2.45, 2.75) is 32.4 Å². The van der Waals surface area contributed by atoms with Crippen molar-refractivity contribution in [3.63, 3.8) is 0 Å². The number of pyridine rings is 1. The highest BCUT2D eigenvalue weighted by Gasteiger charge is 2.30. The van der Waals surface area contributed by atoms with E-state index in [4.69, 9.17) is 14.1 Å². The van der Waals surface area contributed by atoms with E-state index in [0.29, 0.717) is 23.6 Å². The van der Waals surface area contributed by atoms with E-state index in [9.17, 15) is 4.79 Å². The summed E-state index contributed by atoms with van der Waals surface area (Å²) < 4.78 is 15.6. The maximum absolute atomic E-state index is 12.6. The normalized spacial score (nSPS) is 17.5. The third kappa shape index (κ3) is 3.16. The SMILES string of the molecule is COc1cc2cc(CN3CCC[C@@H]3c3nonc3C)c(=O)[nH]c2cc1OC. The van der Waals surface area contributed by atoms with Crippen molar-refractivity contribution >= 4 is 10.9 Å². The molecular formula is C19H22N4O4. The Kier molecular flexibility index (Phi) is 4.57. The maximum Gasteiger partial charge on any atom is 0.252 e. The molecule has 0 bridgehead atoms. The number of benzene rings is 1. The van der Waals surface area contributed by atoms with Crippen LogP contribution < -0.4 is 15.0 Å². The maximum atomic E-state index is 12.6. The molecule has 1 aliphatic rings. The van der Waals surface area contributed by atoms with E-state index in [-0.39, 0.29) is 11.6 Å². The van der Waals surface area contributed by atoms with Crippen LogP contribution in [0.4, 0.5) is 0 Å². The first-order valence-corrected chi connectivity index (χ1v) is 8.91. The molecule has 0 amide bonds. The molecule has 1 N–H and O–H groups in total. The number of fused-ring (bicyclic) bond motifs is 1. The van der Waals surface area contributed by atoms with E-state index >= 15 is 0 Å². The summed E-state index contributed by atoms with van der Waals surface area (Å²) in [6.07, 6.45) is 2.03. The Balaban J connectivity index is 1.68. The Hall–Kier alpha value is -2.87. The molecule has 8 heteroatoms. The second-order valence-corrected chi connectivity index (χ2v) is 6.78. The first-order valence-electron chi connectivity index (χ1n) is 8.91. The highest BCUT2D eigenvalue weighted by Crippen LogP contribution is 2.34. The highest BCUT2D eigenvalue weighted by atomic mass is 16.6. The fraction of sp³-hybridized carbons (Fsp3) is 0.421. The summed E-state index contributed by atoms with van der Waals surface area (Å²) in [5.41, 5.74) is 2.98. The zero-order valence-corrected chi connectivity index (χ0v) is 15.6. The van der Waals surface area contributed by atoms with Crippen LogP contribution in [0.1, 0.15) is 35.8 Å². The van der Waals surface area contributed by atoms with Crippen LogP contribution in [-0.2, 0) is 6.54 Å². The summed E-state index contributed by atoms with van der Waals surface area (Å²) >= 11 is 0. The van der Waals surface area contributed by atoms with Crippen molar-refractivity contribution in [2.24, 2.45) is 0 Å². The first-order chi connectivity index (χ1) is 13.1. The number of aryl methyl sites for hydroxylation is 1. The Morgan fingerprint density at radius 2 is 2.00 bits per heavy atom. The molecule has 1 fully saturated rings. The molecule has 27 heavy (non-hydrogen) atoms. The van der Waals surface area contributed by atoms with Crippen LogP contribution in [0.3, 0.4) is 0 Å². The van der Waals surface area contributed by atoms with Gasteiger partial charge in [-0.3, -0.25) is 9.69 Å². The fourth-order valence-electron chi connectivity index (χ4n) is 3.78. The van der Waals surface area contributed by atoms with Gasteiger partial charge in [0.2, 0.25) is 0 Å². The van der Waals surface area contributed by atoms with Crippen LogP contribution in [-0.4, -0.2) is 41.0 Å². The van der Waals surface area contributed by atoms with Gasteiger partial charge >= 0.3 is 0 Å². The highest BCUT2D eigenvalue weighted by molar-refractivity contribution is 5.83. The number of likely N-dealkylation sites (tertiary alicyclic amines) is 1. The van der Waals surface area contributed by atoms with E-state index in [0.717, 1.165) is 41.7 Å². The molecule has 0 saturated carbocycles. The zero-order valence-electron chi connectivity index (χ0n) is 15.6. The molecule has 0 radical (unpaired) electrons. The molecule has 1 saturated heterocycles. The van der Waals surface area contributed by atoms with Crippen LogP contribution in [0.2, 0.25) is 0 Å². The zero-order chi connectivity index (χ0) is 19.0. The second-order valence-electron chi connectivity index (χ2n) is 6.78. The Morgan fingerprint density at radius 3 is 2.70 bits per heavy atom. The summed E-state index contributed by atoms with van der Waals surface area (Å²) in [7, 11) is 3.17. The number of hydrogen-bond acceptors (Lipinski definition) is 7. The molecule has 1 aromatic carbocycles. The number of nitrogens with zero attached hydrogens (tertiary/aromatic N) is 3. The van der Waals surface area contributed by atoms with Gasteiger partial charge in [0.05, 0.1) is 25.8 Å². The third-order valence-corrected chi connectivity index (χ3v) is 5.17. The van der Waals surface area contributed by atoms with Gasteiger partial charge in [-0.2, -0.15) is 0 Å². The quantitative estimate of drug-likeness (QED) is 0.738. The number of aromatic amines is 1. The van der Waals surface area contributed by atoms with Gasteiger partial charge in [0, 0.05) is 23.6 Å². The third-order valence-electron chi connectivity index (χ3n) is 5.17. The van der Waals surface area contributed by atoms with Crippen molar-refractivity contribution in [1.82, 2.24) is 20.2 Å². The summed E-state index contributed by atoms with van der Waals surface area (Å²) in [5.74, 6) is 1.22. The fourth-order valence-corrected chi connectivity index (χ4v) is 3.78. The molecule has 3 aromatic rings. The van der Waals surface area contributed by atoms with Crippen molar-refractivity contribution in [1.29, 1.82) is 0 Å². The molecular weight excluding hydrogens is 348 g/mol. The van der Waals surface area contributed by atoms with Crippen molar-refractivity contribution in [2.75, 3.05) is 20.8 Å². The van der Waals surface area contributed by atoms with Crippen molar-refractivity contribution in [3.05, 3.63) is 45.5 Å². The Bertz CT molecular complexity index is 1030. The van der Waals surface area contributed by atoms with Gasteiger partial charge in [0.15, 0.2) is 11.5 Å². The van der Waals surface area contributed by atoms with E-state index in [2.05, 4.69) is 20.2 Å². The predicted molar refractivity (Wildman–Crippen MR) is 99.1 cm³/mol. The summed E-state index contributed by atoms with van der Waals surface area (Å²) in [6, 6.07) is 5.69. The lowest BCUT2D eigenvalue weighted by Gasteiger charge is -2.22. The number of H-pyrrole nitrogens is 1. The standard InChI is InChI=1S/C19H22N4O4/c1-11-18(22-27-21-11)15-5-4-6-23(15)10-13-7-12-8-16(25-2)17(26-3)9-14(12)20-19(13)24/h7-9,15H,4-6,10H2,1-3H3,(H,20,24)/t15-/m1/s1. The van der Waals surface area contributed by atoms with Gasteiger partial charge < -0.3 is 14.5 Å². The number of rotatable bonds is 5. The van der Waals surface area contributed by atoms with Crippen LogP contribution in [0, 0.1) is 6.92 Å². The first kappa shape index (κ1) is 17.5. The van der Waals surface area contributed by atoms with Gasteiger partial charge in [0.1, 0.15) is 11.4 Å². The molecule has 2 aromatic heterocycles.